The van der Waals surface area contributed by atoms with Crippen LogP contribution in [0.3, 0.4) is 0 Å². The number of fused-ring (bicyclic) bond motifs is 1. The third kappa shape index (κ3) is 4.63. The Labute approximate surface area is 196 Å². The first-order chi connectivity index (χ1) is 16.2. The number of hydrogen-bond acceptors (Lipinski definition) is 1. The van der Waals surface area contributed by atoms with Crippen molar-refractivity contribution in [1.82, 2.24) is 9.88 Å². The fraction of sp³-hybridized carbons (Fsp3) is 0.233. The third-order valence-electron chi connectivity index (χ3n) is 6.63. The quantitative estimate of drug-likeness (QED) is 0.383. The van der Waals surface area contributed by atoms with Crippen LogP contribution in [0.1, 0.15) is 40.5 Å². The Morgan fingerprint density at radius 3 is 2.36 bits per heavy atom. The molecule has 4 aromatic rings. The Bertz CT molecular complexity index is 1220. The normalized spacial score (nSPS) is 15.1. The summed E-state index contributed by atoms with van der Waals surface area (Å²) in [5.74, 6) is 0.697. The van der Waals surface area contributed by atoms with Gasteiger partial charge in [-0.1, -0.05) is 67.6 Å². The predicted molar refractivity (Wildman–Crippen MR) is 135 cm³/mol. The van der Waals surface area contributed by atoms with E-state index in [1.807, 2.05) is 30.3 Å². The summed E-state index contributed by atoms with van der Waals surface area (Å²) in [6, 6.07) is 31.3. The summed E-state index contributed by atoms with van der Waals surface area (Å²) < 4.78 is 2.40. The average molecular weight is 435 g/mol. The molecule has 0 aliphatic heterocycles. The SMILES string of the molecule is CC1CCc2c(cc(-c3ccccc3)n2-c2ccc(C(=O)NCCc3ccccc3)cc2)C1. The van der Waals surface area contributed by atoms with Crippen LogP contribution in [0.15, 0.2) is 91.0 Å². The van der Waals surface area contributed by atoms with Crippen LogP contribution >= 0.6 is 0 Å². The van der Waals surface area contributed by atoms with Crippen molar-refractivity contribution < 1.29 is 4.79 Å². The van der Waals surface area contributed by atoms with Crippen LogP contribution in [-0.4, -0.2) is 17.0 Å². The molecule has 0 saturated heterocycles. The molecule has 3 nitrogen and oxygen atoms in total. The van der Waals surface area contributed by atoms with Crippen LogP contribution in [0.2, 0.25) is 0 Å². The molecule has 0 spiro atoms. The van der Waals surface area contributed by atoms with E-state index in [9.17, 15) is 4.79 Å². The predicted octanol–water partition coefficient (Wildman–Crippen LogP) is 6.24. The second-order valence-electron chi connectivity index (χ2n) is 9.09. The van der Waals surface area contributed by atoms with Gasteiger partial charge in [-0.05, 0) is 78.6 Å². The number of nitrogens with one attached hydrogen (secondary N) is 1. The molecule has 0 bridgehead atoms. The second kappa shape index (κ2) is 9.50. The van der Waals surface area contributed by atoms with Gasteiger partial charge in [-0.25, -0.2) is 0 Å². The number of hydrogen-bond donors (Lipinski definition) is 1. The summed E-state index contributed by atoms with van der Waals surface area (Å²) >= 11 is 0. The highest BCUT2D eigenvalue weighted by Crippen LogP contribution is 2.35. The number of aromatic nitrogens is 1. The summed E-state index contributed by atoms with van der Waals surface area (Å²) in [4.78, 5) is 12.7. The Morgan fingerprint density at radius 1 is 0.939 bits per heavy atom. The van der Waals surface area contributed by atoms with E-state index in [0.29, 0.717) is 12.1 Å². The average Bonchev–Trinajstić information content (AvgIpc) is 3.24. The lowest BCUT2D eigenvalue weighted by Gasteiger charge is -2.21. The molecule has 33 heavy (non-hydrogen) atoms. The first-order valence-electron chi connectivity index (χ1n) is 11.9. The number of amides is 1. The first-order valence-corrected chi connectivity index (χ1v) is 11.9. The number of rotatable bonds is 6. The van der Waals surface area contributed by atoms with Crippen LogP contribution < -0.4 is 5.32 Å². The topological polar surface area (TPSA) is 34.0 Å². The van der Waals surface area contributed by atoms with Crippen molar-refractivity contribution in [2.24, 2.45) is 5.92 Å². The number of carbonyl (C=O) groups excluding carboxylic acids is 1. The van der Waals surface area contributed by atoms with Gasteiger partial charge in [0.2, 0.25) is 0 Å². The van der Waals surface area contributed by atoms with E-state index in [4.69, 9.17) is 0 Å². The molecule has 0 fully saturated rings. The van der Waals surface area contributed by atoms with Crippen LogP contribution in [0.4, 0.5) is 0 Å². The molecule has 3 heteroatoms. The van der Waals surface area contributed by atoms with E-state index in [1.54, 1.807) is 0 Å². The molecule has 1 N–H and O–H groups in total. The van der Waals surface area contributed by atoms with E-state index in [2.05, 4.69) is 77.5 Å². The number of benzene rings is 3. The molecule has 1 amide bonds. The second-order valence-corrected chi connectivity index (χ2v) is 9.09. The fourth-order valence-corrected chi connectivity index (χ4v) is 4.86. The van der Waals surface area contributed by atoms with Crippen LogP contribution in [0.25, 0.3) is 16.9 Å². The molecule has 1 aliphatic rings. The Balaban J connectivity index is 1.38. The summed E-state index contributed by atoms with van der Waals surface area (Å²) in [5, 5.41) is 3.05. The largest absolute Gasteiger partial charge is 0.352 e. The summed E-state index contributed by atoms with van der Waals surface area (Å²) in [7, 11) is 0. The molecule has 166 valence electrons. The number of nitrogens with zero attached hydrogens (tertiary/aromatic N) is 1. The van der Waals surface area contributed by atoms with E-state index < -0.39 is 0 Å². The van der Waals surface area contributed by atoms with Crippen LogP contribution in [-0.2, 0) is 19.3 Å². The molecule has 0 saturated carbocycles. The van der Waals surface area contributed by atoms with E-state index in [1.165, 1.54) is 34.5 Å². The van der Waals surface area contributed by atoms with Crippen molar-refractivity contribution in [3.05, 3.63) is 113 Å². The highest BCUT2D eigenvalue weighted by molar-refractivity contribution is 5.94. The molecule has 1 atom stereocenters. The molecule has 1 aromatic heterocycles. The zero-order valence-electron chi connectivity index (χ0n) is 19.1. The Morgan fingerprint density at radius 2 is 1.64 bits per heavy atom. The molecule has 1 heterocycles. The van der Waals surface area contributed by atoms with Crippen molar-refractivity contribution in [2.45, 2.75) is 32.6 Å². The van der Waals surface area contributed by atoms with Gasteiger partial charge in [-0.2, -0.15) is 0 Å². The van der Waals surface area contributed by atoms with E-state index in [0.717, 1.165) is 30.9 Å². The zero-order chi connectivity index (χ0) is 22.6. The molecule has 1 unspecified atom stereocenters. The van der Waals surface area contributed by atoms with Crippen LogP contribution in [0.5, 0.6) is 0 Å². The Hall–Kier alpha value is -3.59. The number of carbonyl (C=O) groups is 1. The van der Waals surface area contributed by atoms with Gasteiger partial charge in [0.05, 0.1) is 5.69 Å². The molecule has 3 aromatic carbocycles. The standard InChI is InChI=1S/C30H30N2O/c1-22-12-17-28-26(20-22)21-29(24-10-6-3-7-11-24)32(28)27-15-13-25(14-16-27)30(33)31-19-18-23-8-4-2-5-9-23/h2-11,13-16,21-22H,12,17-20H2,1H3,(H,31,33). The van der Waals surface area contributed by atoms with Crippen molar-refractivity contribution in [3.63, 3.8) is 0 Å². The third-order valence-corrected chi connectivity index (χ3v) is 6.63. The van der Waals surface area contributed by atoms with Crippen LogP contribution in [0, 0.1) is 5.92 Å². The van der Waals surface area contributed by atoms with Crippen molar-refractivity contribution in [2.75, 3.05) is 6.54 Å². The van der Waals surface area contributed by atoms with Gasteiger partial charge in [0, 0.05) is 23.5 Å². The molecule has 5 rings (SSSR count). The van der Waals surface area contributed by atoms with E-state index in [-0.39, 0.29) is 5.91 Å². The highest BCUT2D eigenvalue weighted by atomic mass is 16.1. The van der Waals surface area contributed by atoms with Gasteiger partial charge in [0.15, 0.2) is 0 Å². The minimum atomic E-state index is -0.0240. The maximum atomic E-state index is 12.7. The smallest absolute Gasteiger partial charge is 0.251 e. The lowest BCUT2D eigenvalue weighted by Crippen LogP contribution is -2.25. The highest BCUT2D eigenvalue weighted by Gasteiger charge is 2.23. The van der Waals surface area contributed by atoms with Gasteiger partial charge >= 0.3 is 0 Å². The summed E-state index contributed by atoms with van der Waals surface area (Å²) in [6.07, 6.45) is 4.27. The minimum absolute atomic E-state index is 0.0240. The maximum absolute atomic E-state index is 12.7. The van der Waals surface area contributed by atoms with Gasteiger partial charge in [-0.15, -0.1) is 0 Å². The van der Waals surface area contributed by atoms with Gasteiger partial charge in [-0.3, -0.25) is 4.79 Å². The van der Waals surface area contributed by atoms with Gasteiger partial charge in [0.25, 0.3) is 5.91 Å². The molecule has 0 radical (unpaired) electrons. The zero-order valence-corrected chi connectivity index (χ0v) is 19.1. The van der Waals surface area contributed by atoms with Crippen molar-refractivity contribution >= 4 is 5.91 Å². The maximum Gasteiger partial charge on any atom is 0.251 e. The lowest BCUT2D eigenvalue weighted by atomic mass is 9.89. The fourth-order valence-electron chi connectivity index (χ4n) is 4.86. The molecular formula is C30H30N2O. The van der Waals surface area contributed by atoms with E-state index >= 15 is 0 Å². The summed E-state index contributed by atoms with van der Waals surface area (Å²) in [6.45, 7) is 2.97. The molecule has 1 aliphatic carbocycles. The lowest BCUT2D eigenvalue weighted by molar-refractivity contribution is 0.0954. The molecular weight excluding hydrogens is 404 g/mol. The first kappa shape index (κ1) is 21.3. The monoisotopic (exact) mass is 434 g/mol. The van der Waals surface area contributed by atoms with Gasteiger partial charge < -0.3 is 9.88 Å². The Kier molecular flexibility index (Phi) is 6.12. The summed E-state index contributed by atoms with van der Waals surface area (Å²) in [5.41, 5.74) is 8.36. The van der Waals surface area contributed by atoms with Crippen molar-refractivity contribution in [1.29, 1.82) is 0 Å². The van der Waals surface area contributed by atoms with Gasteiger partial charge in [0.1, 0.15) is 0 Å². The minimum Gasteiger partial charge on any atom is -0.352 e. The van der Waals surface area contributed by atoms with Crippen molar-refractivity contribution in [3.8, 4) is 16.9 Å².